The standard InChI is InChI=1S/2C24H25NO2.CH3.ClH.Pd/c2*1-16-17(2)25(16)24-22(18-8-12-20(26-3)13-9-18)6-5-7-23(24)19-10-14-21(27-4)15-11-19;;;/h2*5-17H,1-4H3;1H3;1H;/q;;-1;;+2/p-1. The molecular weight excluding hydrogens is 822 g/mol. The van der Waals surface area contributed by atoms with E-state index in [2.05, 4.69) is 122 Å². The minimum Gasteiger partial charge on any atom is -1.00 e. The third-order valence-electron chi connectivity index (χ3n) is 11.2. The van der Waals surface area contributed by atoms with Crippen molar-refractivity contribution in [2.45, 2.75) is 51.9 Å². The summed E-state index contributed by atoms with van der Waals surface area (Å²) in [7, 11) is 6.79. The van der Waals surface area contributed by atoms with Crippen molar-refractivity contribution in [1.29, 1.82) is 0 Å². The predicted molar refractivity (Wildman–Crippen MR) is 230 cm³/mol. The molecule has 57 heavy (non-hydrogen) atoms. The fraction of sp³-hybridized carbons (Fsp3) is 0.245. The minimum atomic E-state index is 0. The molecule has 0 amide bonds. The Morgan fingerprint density at radius 1 is 0.351 bits per heavy atom. The molecule has 2 fully saturated rings. The molecule has 2 saturated heterocycles. The molecule has 0 saturated carbocycles. The summed E-state index contributed by atoms with van der Waals surface area (Å²) < 4.78 is 21.3. The molecule has 8 heteroatoms. The summed E-state index contributed by atoms with van der Waals surface area (Å²) in [6, 6.07) is 48.5. The number of rotatable bonds is 10. The minimum absolute atomic E-state index is 0. The van der Waals surface area contributed by atoms with Gasteiger partial charge in [-0.1, -0.05) is 84.9 Å². The first kappa shape index (κ1) is 44.8. The van der Waals surface area contributed by atoms with Crippen LogP contribution in [0.2, 0.25) is 0 Å². The summed E-state index contributed by atoms with van der Waals surface area (Å²) in [4.78, 5) is 5.00. The summed E-state index contributed by atoms with van der Waals surface area (Å²) in [5.41, 5.74) is 12.4. The topological polar surface area (TPSA) is 42.9 Å². The number of para-hydroxylation sites is 2. The maximum Gasteiger partial charge on any atom is 2.00 e. The Morgan fingerprint density at radius 2 is 0.544 bits per heavy atom. The van der Waals surface area contributed by atoms with Crippen molar-refractivity contribution in [3.05, 3.63) is 141 Å². The van der Waals surface area contributed by atoms with Gasteiger partial charge in [0.1, 0.15) is 23.0 Å². The molecule has 0 aromatic heterocycles. The van der Waals surface area contributed by atoms with E-state index in [0.29, 0.717) is 24.2 Å². The third kappa shape index (κ3) is 9.29. The number of anilines is 2. The number of benzene rings is 6. The van der Waals surface area contributed by atoms with Gasteiger partial charge in [-0.2, -0.15) is 0 Å². The van der Waals surface area contributed by atoms with Crippen molar-refractivity contribution >= 4 is 11.4 Å². The molecule has 0 radical (unpaired) electrons. The first-order chi connectivity index (χ1) is 26.3. The van der Waals surface area contributed by atoms with Crippen LogP contribution in [0, 0.1) is 7.43 Å². The van der Waals surface area contributed by atoms with Crippen LogP contribution in [-0.2, 0) is 20.4 Å². The Morgan fingerprint density at radius 3 is 0.702 bits per heavy atom. The van der Waals surface area contributed by atoms with Crippen LogP contribution < -0.4 is 41.2 Å². The zero-order valence-corrected chi connectivity index (χ0v) is 36.5. The van der Waals surface area contributed by atoms with Gasteiger partial charge < -0.3 is 48.6 Å². The summed E-state index contributed by atoms with van der Waals surface area (Å²) >= 11 is 0. The molecule has 4 atom stereocenters. The number of hydrogen-bond acceptors (Lipinski definition) is 6. The van der Waals surface area contributed by atoms with Gasteiger partial charge in [0.15, 0.2) is 0 Å². The van der Waals surface area contributed by atoms with E-state index >= 15 is 0 Å². The molecule has 4 unspecified atom stereocenters. The maximum absolute atomic E-state index is 5.32. The maximum atomic E-state index is 5.32. The van der Waals surface area contributed by atoms with E-state index in [1.165, 1.54) is 55.9 Å². The van der Waals surface area contributed by atoms with Gasteiger partial charge in [-0.3, -0.25) is 0 Å². The van der Waals surface area contributed by atoms with Gasteiger partial charge >= 0.3 is 20.4 Å². The molecule has 300 valence electrons. The molecule has 0 N–H and O–H groups in total. The van der Waals surface area contributed by atoms with Crippen molar-refractivity contribution in [2.75, 3.05) is 38.2 Å². The SMILES string of the molecule is COc1ccc(-c2cccc(-c3ccc(OC)cc3)c2N2C(C)C2C)cc1.COc1ccc(-c2cccc(-c3ccc(OC)cc3)c2N2C(C)C2C)cc1.[CH3-].[Cl-].[Pd+2]. The molecule has 2 heterocycles. The van der Waals surface area contributed by atoms with Crippen LogP contribution in [0.25, 0.3) is 44.5 Å². The second kappa shape index (κ2) is 19.5. The van der Waals surface area contributed by atoms with E-state index < -0.39 is 0 Å². The average Bonchev–Trinajstić information content (AvgIpc) is 4.06. The molecule has 0 spiro atoms. The van der Waals surface area contributed by atoms with Crippen LogP contribution in [-0.4, -0.2) is 52.6 Å². The first-order valence-corrected chi connectivity index (χ1v) is 18.7. The number of halogens is 1. The largest absolute Gasteiger partial charge is 2.00 e. The van der Waals surface area contributed by atoms with Gasteiger partial charge in [-0.25, -0.2) is 0 Å². The molecule has 6 aromatic rings. The Labute approximate surface area is 359 Å². The van der Waals surface area contributed by atoms with Crippen molar-refractivity contribution < 1.29 is 51.8 Å². The Hall–Kier alpha value is -4.93. The van der Waals surface area contributed by atoms with E-state index in [1.54, 1.807) is 28.4 Å². The van der Waals surface area contributed by atoms with E-state index in [-0.39, 0.29) is 40.3 Å². The van der Waals surface area contributed by atoms with E-state index in [4.69, 9.17) is 18.9 Å². The molecule has 2 aliphatic heterocycles. The van der Waals surface area contributed by atoms with Gasteiger partial charge in [0.2, 0.25) is 0 Å². The number of hydrogen-bond donors (Lipinski definition) is 0. The fourth-order valence-electron chi connectivity index (χ4n) is 7.48. The molecule has 6 nitrogen and oxygen atoms in total. The fourth-order valence-corrected chi connectivity index (χ4v) is 7.48. The molecular formula is C49H53ClN2O4Pd. The number of methoxy groups -OCH3 is 4. The van der Waals surface area contributed by atoms with Crippen LogP contribution >= 0.6 is 0 Å². The van der Waals surface area contributed by atoms with Gasteiger partial charge in [0.05, 0.1) is 39.8 Å². The smallest absolute Gasteiger partial charge is 1.00 e. The Balaban J connectivity index is 0.000000240. The average molecular weight is 876 g/mol. The van der Waals surface area contributed by atoms with Crippen molar-refractivity contribution in [3.63, 3.8) is 0 Å². The van der Waals surface area contributed by atoms with Gasteiger partial charge in [0, 0.05) is 46.4 Å². The van der Waals surface area contributed by atoms with Gasteiger partial charge in [-0.05, 0) is 98.5 Å². The summed E-state index contributed by atoms with van der Waals surface area (Å²) in [6.07, 6.45) is 0. The number of nitrogens with zero attached hydrogens (tertiary/aromatic N) is 2. The summed E-state index contributed by atoms with van der Waals surface area (Å²) in [6.45, 7) is 9.14. The number of ether oxygens (including phenoxy) is 4. The molecule has 0 aliphatic carbocycles. The van der Waals surface area contributed by atoms with Crippen LogP contribution in [0.15, 0.2) is 133 Å². The molecule has 8 rings (SSSR count). The van der Waals surface area contributed by atoms with Gasteiger partial charge in [-0.15, -0.1) is 0 Å². The summed E-state index contributed by atoms with van der Waals surface area (Å²) in [5, 5.41) is 0. The zero-order chi connectivity index (χ0) is 37.9. The summed E-state index contributed by atoms with van der Waals surface area (Å²) in [5.74, 6) is 3.50. The van der Waals surface area contributed by atoms with Crippen LogP contribution in [0.5, 0.6) is 23.0 Å². The quantitative estimate of drug-likeness (QED) is 0.0780. The molecule has 6 aromatic carbocycles. The van der Waals surface area contributed by atoms with E-state index in [0.717, 1.165) is 23.0 Å². The zero-order valence-electron chi connectivity index (χ0n) is 34.2. The normalized spacial score (nSPS) is 17.3. The Bertz CT molecular complexity index is 1890. The van der Waals surface area contributed by atoms with E-state index in [1.807, 2.05) is 48.5 Å². The monoisotopic (exact) mass is 874 g/mol. The molecule has 2 aliphatic rings. The Kier molecular flexibility index (Phi) is 15.3. The van der Waals surface area contributed by atoms with Crippen LogP contribution in [0.3, 0.4) is 0 Å². The predicted octanol–water partition coefficient (Wildman–Crippen LogP) is 8.72. The van der Waals surface area contributed by atoms with Crippen molar-refractivity contribution in [2.24, 2.45) is 0 Å². The van der Waals surface area contributed by atoms with E-state index in [9.17, 15) is 0 Å². The second-order valence-corrected chi connectivity index (χ2v) is 14.1. The van der Waals surface area contributed by atoms with Crippen LogP contribution in [0.1, 0.15) is 27.7 Å². The second-order valence-electron chi connectivity index (χ2n) is 14.1. The van der Waals surface area contributed by atoms with Crippen molar-refractivity contribution in [3.8, 4) is 67.5 Å². The third-order valence-corrected chi connectivity index (χ3v) is 11.2. The molecule has 0 bridgehead atoms. The van der Waals surface area contributed by atoms with Gasteiger partial charge in [0.25, 0.3) is 0 Å². The van der Waals surface area contributed by atoms with Crippen molar-refractivity contribution in [1.82, 2.24) is 0 Å². The van der Waals surface area contributed by atoms with Crippen LogP contribution in [0.4, 0.5) is 11.4 Å². The first-order valence-electron chi connectivity index (χ1n) is 18.7.